The van der Waals surface area contributed by atoms with Crippen LogP contribution in [-0.2, 0) is 0 Å². The number of nitrogens with zero attached hydrogens (tertiary/aromatic N) is 2. The number of nitrogens with one attached hydrogen (secondary N) is 2. The van der Waals surface area contributed by atoms with E-state index in [1.54, 1.807) is 6.07 Å². The lowest BCUT2D eigenvalue weighted by Gasteiger charge is -2.27. The van der Waals surface area contributed by atoms with Crippen LogP contribution in [0.25, 0.3) is 0 Å². The van der Waals surface area contributed by atoms with Gasteiger partial charge < -0.3 is 15.8 Å². The minimum atomic E-state index is -0.375. The van der Waals surface area contributed by atoms with Crippen molar-refractivity contribution in [1.29, 1.82) is 0 Å². The van der Waals surface area contributed by atoms with E-state index in [2.05, 4.69) is 20.7 Å². The number of nitrogens with two attached hydrogens (primary N) is 1. The second-order valence-electron chi connectivity index (χ2n) is 3.63. The average Bonchev–Trinajstić information content (AvgIpc) is 2.29. The Morgan fingerprint density at radius 2 is 2.13 bits per heavy atom. The molecule has 1 rings (SSSR count). The van der Waals surface area contributed by atoms with E-state index in [4.69, 9.17) is 5.84 Å². The summed E-state index contributed by atoms with van der Waals surface area (Å²) in [5.74, 6) is 6.40. The molecule has 15 heavy (non-hydrogen) atoms. The summed E-state index contributed by atoms with van der Waals surface area (Å²) in [7, 11) is 0. The average molecular weight is 211 g/mol. The van der Waals surface area contributed by atoms with Crippen LogP contribution in [-0.4, -0.2) is 27.2 Å². The highest BCUT2D eigenvalue weighted by molar-refractivity contribution is 5.47. The minimum absolute atomic E-state index is 0.0406. The highest BCUT2D eigenvalue weighted by Crippen LogP contribution is 2.17. The third kappa shape index (κ3) is 3.03. The van der Waals surface area contributed by atoms with Crippen molar-refractivity contribution < 1.29 is 5.11 Å². The fourth-order valence-corrected chi connectivity index (χ4v) is 1.05. The van der Waals surface area contributed by atoms with E-state index in [-0.39, 0.29) is 12.1 Å². The van der Waals surface area contributed by atoms with Gasteiger partial charge in [0.05, 0.1) is 12.1 Å². The molecule has 0 spiro atoms. The van der Waals surface area contributed by atoms with Crippen LogP contribution in [0, 0.1) is 0 Å². The van der Waals surface area contributed by atoms with Crippen molar-refractivity contribution in [3.05, 3.63) is 12.4 Å². The first-order chi connectivity index (χ1) is 7.13. The molecule has 1 heterocycles. The summed E-state index contributed by atoms with van der Waals surface area (Å²) in [4.78, 5) is 7.93. The van der Waals surface area contributed by atoms with Gasteiger partial charge in [0, 0.05) is 6.07 Å². The zero-order valence-corrected chi connectivity index (χ0v) is 8.99. The quantitative estimate of drug-likeness (QED) is 0.414. The topological polar surface area (TPSA) is 96.1 Å². The summed E-state index contributed by atoms with van der Waals surface area (Å²) in [6.07, 6.45) is 2.20. The van der Waals surface area contributed by atoms with Crippen LogP contribution in [0.5, 0.6) is 0 Å². The molecule has 0 radical (unpaired) electrons. The fourth-order valence-electron chi connectivity index (χ4n) is 1.05. The lowest BCUT2D eigenvalue weighted by atomic mass is 10.0. The van der Waals surface area contributed by atoms with Crippen molar-refractivity contribution >= 4 is 11.6 Å². The summed E-state index contributed by atoms with van der Waals surface area (Å²) >= 11 is 0. The van der Waals surface area contributed by atoms with Crippen LogP contribution < -0.4 is 16.6 Å². The first kappa shape index (κ1) is 11.7. The van der Waals surface area contributed by atoms with Gasteiger partial charge in [0.2, 0.25) is 0 Å². The van der Waals surface area contributed by atoms with Gasteiger partial charge in [-0.15, -0.1) is 0 Å². The van der Waals surface area contributed by atoms with E-state index in [1.165, 1.54) is 6.33 Å². The Balaban J connectivity index is 2.79. The lowest BCUT2D eigenvalue weighted by Crippen LogP contribution is -2.38. The number of aromatic nitrogens is 2. The maximum atomic E-state index is 9.23. The van der Waals surface area contributed by atoms with Gasteiger partial charge in [0.15, 0.2) is 0 Å². The Morgan fingerprint density at radius 1 is 1.47 bits per heavy atom. The summed E-state index contributed by atoms with van der Waals surface area (Å²) in [6.45, 7) is 3.95. The molecule has 84 valence electrons. The number of hydrazine groups is 1. The molecule has 0 aliphatic carbocycles. The molecule has 0 saturated carbocycles. The maximum absolute atomic E-state index is 9.23. The van der Waals surface area contributed by atoms with Crippen LogP contribution in [0.1, 0.15) is 20.3 Å². The molecule has 5 N–H and O–H groups in total. The third-order valence-corrected chi connectivity index (χ3v) is 2.37. The Hall–Kier alpha value is -1.40. The smallest absolute Gasteiger partial charge is 0.145 e. The van der Waals surface area contributed by atoms with Crippen LogP contribution in [0.15, 0.2) is 12.4 Å². The SMILES string of the molecule is CCC(C)(CO)Nc1cc(NN)ncn1. The van der Waals surface area contributed by atoms with Crippen LogP contribution in [0.3, 0.4) is 0 Å². The van der Waals surface area contributed by atoms with Crippen molar-refractivity contribution in [2.45, 2.75) is 25.8 Å². The highest BCUT2D eigenvalue weighted by atomic mass is 16.3. The number of nitrogen functional groups attached to an aromatic ring is 1. The summed E-state index contributed by atoms with van der Waals surface area (Å²) < 4.78 is 0. The van der Waals surface area contributed by atoms with E-state index < -0.39 is 0 Å². The van der Waals surface area contributed by atoms with E-state index in [1.807, 2.05) is 13.8 Å². The van der Waals surface area contributed by atoms with E-state index in [0.717, 1.165) is 6.42 Å². The summed E-state index contributed by atoms with van der Waals surface area (Å²) in [5.41, 5.74) is 2.06. The molecule has 0 saturated heterocycles. The second kappa shape index (κ2) is 4.90. The maximum Gasteiger partial charge on any atom is 0.145 e. The molecule has 6 nitrogen and oxygen atoms in total. The van der Waals surface area contributed by atoms with Gasteiger partial charge in [-0.25, -0.2) is 15.8 Å². The minimum Gasteiger partial charge on any atom is -0.394 e. The lowest BCUT2D eigenvalue weighted by molar-refractivity contribution is 0.218. The Bertz CT molecular complexity index is 313. The second-order valence-corrected chi connectivity index (χ2v) is 3.63. The first-order valence-corrected chi connectivity index (χ1v) is 4.81. The van der Waals surface area contributed by atoms with Gasteiger partial charge in [0.1, 0.15) is 18.0 Å². The normalized spacial score (nSPS) is 14.4. The van der Waals surface area contributed by atoms with Gasteiger partial charge >= 0.3 is 0 Å². The number of hydrogen-bond donors (Lipinski definition) is 4. The molecule has 0 aliphatic rings. The Kier molecular flexibility index (Phi) is 3.81. The van der Waals surface area contributed by atoms with Gasteiger partial charge in [-0.1, -0.05) is 6.92 Å². The molecule has 0 bridgehead atoms. The number of anilines is 2. The van der Waals surface area contributed by atoms with Gasteiger partial charge in [0.25, 0.3) is 0 Å². The molecule has 0 aromatic carbocycles. The molecule has 6 heteroatoms. The summed E-state index contributed by atoms with van der Waals surface area (Å²) in [6, 6.07) is 1.68. The molecule has 1 aromatic rings. The molecule has 1 unspecified atom stereocenters. The van der Waals surface area contributed by atoms with E-state index in [9.17, 15) is 5.11 Å². The standard InChI is InChI=1S/C9H17N5O/c1-3-9(2,5-15)13-7-4-8(14-10)12-6-11-7/h4,6,15H,3,5,10H2,1-2H3,(H2,11,12,13,14). The van der Waals surface area contributed by atoms with Crippen LogP contribution in [0.4, 0.5) is 11.6 Å². The molecule has 1 aromatic heterocycles. The number of rotatable bonds is 5. The van der Waals surface area contributed by atoms with Crippen molar-refractivity contribution in [3.8, 4) is 0 Å². The highest BCUT2D eigenvalue weighted by Gasteiger charge is 2.20. The number of aliphatic hydroxyl groups excluding tert-OH is 1. The van der Waals surface area contributed by atoms with Crippen molar-refractivity contribution in [2.24, 2.45) is 5.84 Å². The number of hydrogen-bond acceptors (Lipinski definition) is 6. The van der Waals surface area contributed by atoms with E-state index >= 15 is 0 Å². The predicted octanol–water partition coefficient (Wildman–Crippen LogP) is 0.335. The van der Waals surface area contributed by atoms with Gasteiger partial charge in [-0.05, 0) is 13.3 Å². The largest absolute Gasteiger partial charge is 0.394 e. The van der Waals surface area contributed by atoms with Crippen LogP contribution >= 0.6 is 0 Å². The summed E-state index contributed by atoms with van der Waals surface area (Å²) in [5, 5.41) is 12.4. The van der Waals surface area contributed by atoms with Crippen molar-refractivity contribution in [2.75, 3.05) is 17.3 Å². The zero-order valence-electron chi connectivity index (χ0n) is 8.99. The monoisotopic (exact) mass is 211 g/mol. The molecule has 0 aliphatic heterocycles. The van der Waals surface area contributed by atoms with Crippen molar-refractivity contribution in [3.63, 3.8) is 0 Å². The fraction of sp³-hybridized carbons (Fsp3) is 0.556. The molecular formula is C9H17N5O. The third-order valence-electron chi connectivity index (χ3n) is 2.37. The number of aliphatic hydroxyl groups is 1. The van der Waals surface area contributed by atoms with Crippen molar-refractivity contribution in [1.82, 2.24) is 9.97 Å². The molecule has 1 atom stereocenters. The molecule has 0 amide bonds. The predicted molar refractivity (Wildman–Crippen MR) is 59.2 cm³/mol. The first-order valence-electron chi connectivity index (χ1n) is 4.81. The van der Waals surface area contributed by atoms with Gasteiger partial charge in [-0.2, -0.15) is 0 Å². The molecular weight excluding hydrogens is 194 g/mol. The Labute approximate surface area is 88.9 Å². The van der Waals surface area contributed by atoms with Crippen LogP contribution in [0.2, 0.25) is 0 Å². The van der Waals surface area contributed by atoms with Gasteiger partial charge in [-0.3, -0.25) is 0 Å². The zero-order chi connectivity index (χ0) is 11.3. The van der Waals surface area contributed by atoms with E-state index in [0.29, 0.717) is 11.6 Å². The Morgan fingerprint density at radius 3 is 2.67 bits per heavy atom. The molecule has 0 fully saturated rings.